The molecule has 0 aromatic heterocycles. The van der Waals surface area contributed by atoms with Gasteiger partial charge in [-0.2, -0.15) is 23.5 Å². The fourth-order valence-corrected chi connectivity index (χ4v) is 3.89. The quantitative estimate of drug-likeness (QED) is 0.460. The third-order valence-electron chi connectivity index (χ3n) is 2.89. The summed E-state index contributed by atoms with van der Waals surface area (Å²) in [5.74, 6) is 3.31. The Morgan fingerprint density at radius 3 is 1.60 bits per heavy atom. The van der Waals surface area contributed by atoms with Gasteiger partial charge in [-0.1, -0.05) is 0 Å². The van der Waals surface area contributed by atoms with Crippen LogP contribution in [0.2, 0.25) is 0 Å². The molecule has 0 aliphatic carbocycles. The third-order valence-corrected chi connectivity index (χ3v) is 5.18. The van der Waals surface area contributed by atoms with E-state index in [9.17, 15) is 9.59 Å². The molecule has 0 aromatic rings. The molecule has 2 rings (SSSR count). The van der Waals surface area contributed by atoms with Gasteiger partial charge < -0.3 is 18.9 Å². The summed E-state index contributed by atoms with van der Waals surface area (Å²) in [5.41, 5.74) is 0. The third kappa shape index (κ3) is 5.16. The highest BCUT2D eigenvalue weighted by atomic mass is 32.2. The predicted octanol–water partition coefficient (Wildman–Crippen LogP) is 1.03. The van der Waals surface area contributed by atoms with E-state index in [1.165, 1.54) is 0 Å². The molecule has 2 aliphatic heterocycles. The first-order valence-electron chi connectivity index (χ1n) is 6.49. The average Bonchev–Trinajstić information content (AvgIpc) is 3.02. The van der Waals surface area contributed by atoms with Crippen LogP contribution in [0.5, 0.6) is 0 Å². The highest BCUT2D eigenvalue weighted by Gasteiger charge is 2.27. The molecular weight excluding hydrogens is 304 g/mol. The van der Waals surface area contributed by atoms with Crippen LogP contribution in [0.1, 0.15) is 12.8 Å². The Morgan fingerprint density at radius 2 is 1.25 bits per heavy atom. The Labute approximate surface area is 126 Å². The molecule has 0 aromatic carbocycles. The molecule has 0 N–H and O–H groups in total. The molecule has 114 valence electrons. The van der Waals surface area contributed by atoms with E-state index in [1.807, 2.05) is 0 Å². The van der Waals surface area contributed by atoms with E-state index >= 15 is 0 Å². The van der Waals surface area contributed by atoms with Crippen LogP contribution in [0.15, 0.2) is 0 Å². The summed E-state index contributed by atoms with van der Waals surface area (Å²) in [6.07, 6.45) is 0.660. The van der Waals surface area contributed by atoms with Crippen LogP contribution < -0.4 is 0 Å². The zero-order valence-electron chi connectivity index (χ0n) is 11.1. The summed E-state index contributed by atoms with van der Waals surface area (Å²) in [7, 11) is 0. The standard InChI is InChI=1S/C12H18O6S2/c13-11-9(15-7-17-11)1-3-19-5-6-20-4-2-10-12(14)18-8-16-10/h9-10H,1-8H2. The summed E-state index contributed by atoms with van der Waals surface area (Å²) in [6.45, 7) is 0.186. The number of ether oxygens (including phenoxy) is 4. The molecule has 2 saturated heterocycles. The van der Waals surface area contributed by atoms with Gasteiger partial charge in [-0.25, -0.2) is 9.59 Å². The van der Waals surface area contributed by atoms with Crippen LogP contribution in [0.4, 0.5) is 0 Å². The van der Waals surface area contributed by atoms with Crippen molar-refractivity contribution in [3.8, 4) is 0 Å². The first kappa shape index (κ1) is 15.9. The van der Waals surface area contributed by atoms with Gasteiger partial charge in [-0.3, -0.25) is 0 Å². The SMILES string of the molecule is O=C1OCOC1CCSCCSCCC1OCOC1=O. The van der Waals surface area contributed by atoms with Crippen LogP contribution in [-0.2, 0) is 28.5 Å². The van der Waals surface area contributed by atoms with Crippen LogP contribution in [0, 0.1) is 0 Å². The van der Waals surface area contributed by atoms with Gasteiger partial charge >= 0.3 is 11.9 Å². The lowest BCUT2D eigenvalue weighted by Gasteiger charge is -2.06. The number of thioether (sulfide) groups is 2. The fraction of sp³-hybridized carbons (Fsp3) is 0.833. The van der Waals surface area contributed by atoms with Gasteiger partial charge in [0.1, 0.15) is 0 Å². The van der Waals surface area contributed by atoms with E-state index in [0.29, 0.717) is 12.8 Å². The Kier molecular flexibility index (Phi) is 6.98. The van der Waals surface area contributed by atoms with Gasteiger partial charge in [0, 0.05) is 11.5 Å². The maximum absolute atomic E-state index is 11.1. The van der Waals surface area contributed by atoms with Crippen molar-refractivity contribution < 1.29 is 28.5 Å². The van der Waals surface area contributed by atoms with Gasteiger partial charge in [-0.15, -0.1) is 0 Å². The Morgan fingerprint density at radius 1 is 0.800 bits per heavy atom. The van der Waals surface area contributed by atoms with E-state index in [1.54, 1.807) is 23.5 Å². The monoisotopic (exact) mass is 322 g/mol. The normalized spacial score (nSPS) is 25.8. The molecule has 0 spiro atoms. The number of esters is 2. The smallest absolute Gasteiger partial charge is 0.337 e. The molecule has 2 heterocycles. The summed E-state index contributed by atoms with van der Waals surface area (Å²) in [6, 6.07) is 0. The minimum atomic E-state index is -0.374. The lowest BCUT2D eigenvalue weighted by molar-refractivity contribution is -0.140. The van der Waals surface area contributed by atoms with Crippen molar-refractivity contribution in [2.24, 2.45) is 0 Å². The predicted molar refractivity (Wildman–Crippen MR) is 75.5 cm³/mol. The first-order chi connectivity index (χ1) is 9.77. The fourth-order valence-electron chi connectivity index (χ4n) is 1.78. The maximum atomic E-state index is 11.1. The van der Waals surface area contributed by atoms with Crippen LogP contribution in [0.3, 0.4) is 0 Å². The van der Waals surface area contributed by atoms with Crippen molar-refractivity contribution in [3.63, 3.8) is 0 Å². The number of hydrogen-bond acceptors (Lipinski definition) is 8. The molecule has 2 atom stereocenters. The molecule has 2 fully saturated rings. The van der Waals surface area contributed by atoms with Gasteiger partial charge in [0.2, 0.25) is 0 Å². The summed E-state index contributed by atoms with van der Waals surface area (Å²) >= 11 is 3.59. The van der Waals surface area contributed by atoms with Crippen molar-refractivity contribution >= 4 is 35.5 Å². The van der Waals surface area contributed by atoms with E-state index in [2.05, 4.69) is 0 Å². The van der Waals surface area contributed by atoms with Crippen molar-refractivity contribution in [1.29, 1.82) is 0 Å². The van der Waals surface area contributed by atoms with E-state index in [4.69, 9.17) is 18.9 Å². The van der Waals surface area contributed by atoms with Crippen LogP contribution >= 0.6 is 23.5 Å². The second-order valence-corrected chi connectivity index (χ2v) is 6.72. The number of carbonyl (C=O) groups is 2. The zero-order chi connectivity index (χ0) is 14.2. The molecule has 20 heavy (non-hydrogen) atoms. The average molecular weight is 322 g/mol. The molecule has 2 unspecified atom stereocenters. The molecule has 0 bridgehead atoms. The van der Waals surface area contributed by atoms with Gasteiger partial charge in [0.05, 0.1) is 0 Å². The highest BCUT2D eigenvalue weighted by Crippen LogP contribution is 2.16. The lowest BCUT2D eigenvalue weighted by atomic mass is 10.3. The zero-order valence-corrected chi connectivity index (χ0v) is 12.7. The molecule has 0 radical (unpaired) electrons. The largest absolute Gasteiger partial charge is 0.437 e. The molecule has 0 amide bonds. The molecule has 6 nitrogen and oxygen atoms in total. The van der Waals surface area contributed by atoms with Gasteiger partial charge in [-0.05, 0) is 24.3 Å². The topological polar surface area (TPSA) is 71.1 Å². The Hall–Kier alpha value is -0.440. The van der Waals surface area contributed by atoms with Crippen molar-refractivity contribution in [3.05, 3.63) is 0 Å². The number of cyclic esters (lactones) is 2. The molecule has 2 aliphatic rings. The van der Waals surface area contributed by atoms with Gasteiger partial charge in [0.15, 0.2) is 25.8 Å². The number of hydrogen-bond donors (Lipinski definition) is 0. The second-order valence-electron chi connectivity index (χ2n) is 4.28. The molecule has 0 saturated carbocycles. The van der Waals surface area contributed by atoms with Crippen LogP contribution in [0.25, 0.3) is 0 Å². The summed E-state index contributed by atoms with van der Waals surface area (Å²) < 4.78 is 19.7. The van der Waals surface area contributed by atoms with Crippen molar-refractivity contribution in [2.45, 2.75) is 25.0 Å². The van der Waals surface area contributed by atoms with E-state index < -0.39 is 0 Å². The van der Waals surface area contributed by atoms with Crippen molar-refractivity contribution in [2.75, 3.05) is 36.6 Å². The van der Waals surface area contributed by atoms with Crippen molar-refractivity contribution in [1.82, 2.24) is 0 Å². The minimum absolute atomic E-state index is 0.0929. The highest BCUT2D eigenvalue weighted by molar-refractivity contribution is 8.02. The van der Waals surface area contributed by atoms with E-state index in [-0.39, 0.29) is 37.7 Å². The van der Waals surface area contributed by atoms with Crippen LogP contribution in [-0.4, -0.2) is 60.7 Å². The number of carbonyl (C=O) groups excluding carboxylic acids is 2. The minimum Gasteiger partial charge on any atom is -0.437 e. The first-order valence-corrected chi connectivity index (χ1v) is 8.80. The summed E-state index contributed by atoms with van der Waals surface area (Å²) in [5, 5.41) is 0. The maximum Gasteiger partial charge on any atom is 0.337 e. The Bertz CT molecular complexity index is 306. The number of rotatable bonds is 9. The summed E-state index contributed by atoms with van der Waals surface area (Å²) in [4.78, 5) is 22.2. The van der Waals surface area contributed by atoms with E-state index in [0.717, 1.165) is 23.0 Å². The lowest BCUT2D eigenvalue weighted by Crippen LogP contribution is -2.17. The Balaban J connectivity index is 1.38. The second kappa shape index (κ2) is 8.76. The van der Waals surface area contributed by atoms with Gasteiger partial charge in [0.25, 0.3) is 0 Å². The molecule has 8 heteroatoms. The molecular formula is C12H18O6S2.